The molecule has 156 valence electrons. The molecule has 6 rings (SSSR count). The summed E-state index contributed by atoms with van der Waals surface area (Å²) >= 11 is 1.41. The number of anilines is 2. The van der Waals surface area contributed by atoms with Crippen LogP contribution in [-0.2, 0) is 5.41 Å². The highest BCUT2D eigenvalue weighted by molar-refractivity contribution is 7.13. The summed E-state index contributed by atoms with van der Waals surface area (Å²) in [5.41, 5.74) is 1.99. The van der Waals surface area contributed by atoms with Gasteiger partial charge in [-0.15, -0.1) is 11.3 Å². The molecule has 0 atom stereocenters. The first-order chi connectivity index (χ1) is 14.6. The van der Waals surface area contributed by atoms with Crippen LogP contribution >= 0.6 is 11.3 Å². The summed E-state index contributed by atoms with van der Waals surface area (Å²) in [6, 6.07) is 7.68. The third-order valence-electron chi connectivity index (χ3n) is 6.83. The van der Waals surface area contributed by atoms with Crippen LogP contribution in [0.4, 0.5) is 10.8 Å². The van der Waals surface area contributed by atoms with Crippen molar-refractivity contribution in [1.29, 1.82) is 0 Å². The number of hydrogen-bond donors (Lipinski definition) is 2. The van der Waals surface area contributed by atoms with E-state index in [1.807, 2.05) is 36.6 Å². The van der Waals surface area contributed by atoms with Crippen LogP contribution in [-0.4, -0.2) is 27.6 Å². The van der Waals surface area contributed by atoms with Gasteiger partial charge in [0.25, 0.3) is 5.91 Å². The quantitative estimate of drug-likeness (QED) is 0.592. The van der Waals surface area contributed by atoms with E-state index < -0.39 is 0 Å². The van der Waals surface area contributed by atoms with Gasteiger partial charge in [-0.1, -0.05) is 11.2 Å². The lowest BCUT2D eigenvalue weighted by Crippen LogP contribution is -2.47. The zero-order valence-electron chi connectivity index (χ0n) is 17.0. The van der Waals surface area contributed by atoms with Crippen molar-refractivity contribution < 1.29 is 9.32 Å². The van der Waals surface area contributed by atoms with Crippen molar-refractivity contribution in [3.63, 3.8) is 0 Å². The maximum Gasteiger partial charge on any atom is 0.257 e. The van der Waals surface area contributed by atoms with Crippen LogP contribution in [0.5, 0.6) is 0 Å². The SMILES string of the molecule is Cc1noc(C23CCC(CNc4cccc(C(=O)Nc5nccs5)c4)(CC2)CC3)n1. The van der Waals surface area contributed by atoms with Gasteiger partial charge in [-0.05, 0) is 69.1 Å². The molecule has 1 aromatic carbocycles. The fourth-order valence-corrected chi connectivity index (χ4v) is 5.40. The van der Waals surface area contributed by atoms with Crippen LogP contribution in [0.15, 0.2) is 40.4 Å². The number of aryl methyl sites for hydroxylation is 1. The average Bonchev–Trinajstić information content (AvgIpc) is 3.46. The topological polar surface area (TPSA) is 92.9 Å². The molecule has 3 saturated carbocycles. The number of carbonyl (C=O) groups is 1. The molecule has 3 fully saturated rings. The second kappa shape index (κ2) is 7.50. The number of rotatable bonds is 6. The predicted octanol–water partition coefficient (Wildman–Crippen LogP) is 4.79. The number of benzene rings is 1. The number of nitrogens with zero attached hydrogens (tertiary/aromatic N) is 3. The van der Waals surface area contributed by atoms with Crippen LogP contribution in [0.3, 0.4) is 0 Å². The Morgan fingerprint density at radius 1 is 1.20 bits per heavy atom. The summed E-state index contributed by atoms with van der Waals surface area (Å²) in [5.74, 6) is 1.42. The molecular formula is C22H25N5O2S. The molecule has 3 aromatic rings. The molecule has 7 nitrogen and oxygen atoms in total. The second-order valence-corrected chi connectivity index (χ2v) is 9.55. The van der Waals surface area contributed by atoms with Crippen molar-refractivity contribution in [3.8, 4) is 0 Å². The Bertz CT molecular complexity index is 1020. The van der Waals surface area contributed by atoms with E-state index in [0.29, 0.717) is 16.1 Å². The second-order valence-electron chi connectivity index (χ2n) is 8.65. The number of amides is 1. The molecule has 0 spiro atoms. The molecule has 2 aromatic heterocycles. The fraction of sp³-hybridized carbons (Fsp3) is 0.455. The predicted molar refractivity (Wildman–Crippen MR) is 116 cm³/mol. The van der Waals surface area contributed by atoms with E-state index in [9.17, 15) is 4.79 Å². The summed E-state index contributed by atoms with van der Waals surface area (Å²) in [5, 5.41) is 12.9. The van der Waals surface area contributed by atoms with Gasteiger partial charge in [-0.2, -0.15) is 4.98 Å². The van der Waals surface area contributed by atoms with Gasteiger partial charge in [-0.3, -0.25) is 10.1 Å². The molecular weight excluding hydrogens is 398 g/mol. The molecule has 3 aliphatic rings. The number of nitrogens with one attached hydrogen (secondary N) is 2. The summed E-state index contributed by atoms with van der Waals surface area (Å²) in [6.07, 6.45) is 8.47. The van der Waals surface area contributed by atoms with Gasteiger partial charge < -0.3 is 9.84 Å². The molecule has 30 heavy (non-hydrogen) atoms. The van der Waals surface area contributed by atoms with E-state index in [4.69, 9.17) is 4.52 Å². The van der Waals surface area contributed by atoms with E-state index in [1.165, 1.54) is 11.3 Å². The normalized spacial score (nSPS) is 25.2. The molecule has 0 aliphatic heterocycles. The molecule has 0 unspecified atom stereocenters. The lowest BCUT2D eigenvalue weighted by Gasteiger charge is -2.52. The molecule has 8 heteroatoms. The van der Waals surface area contributed by atoms with Gasteiger partial charge in [-0.25, -0.2) is 4.98 Å². The summed E-state index contributed by atoms with van der Waals surface area (Å²) in [7, 11) is 0. The van der Waals surface area contributed by atoms with Crippen LogP contribution in [0.2, 0.25) is 0 Å². The largest absolute Gasteiger partial charge is 0.384 e. The maximum absolute atomic E-state index is 12.5. The first-order valence-corrected chi connectivity index (χ1v) is 11.3. The van der Waals surface area contributed by atoms with Crippen molar-refractivity contribution in [2.75, 3.05) is 17.2 Å². The number of thiazole rings is 1. The zero-order chi connectivity index (χ0) is 20.6. The summed E-state index contributed by atoms with van der Waals surface area (Å²) in [6.45, 7) is 2.80. The van der Waals surface area contributed by atoms with E-state index in [1.54, 1.807) is 6.20 Å². The summed E-state index contributed by atoms with van der Waals surface area (Å²) in [4.78, 5) is 21.1. The Labute approximate surface area is 179 Å². The zero-order valence-corrected chi connectivity index (χ0v) is 17.8. The van der Waals surface area contributed by atoms with Crippen LogP contribution in [0.25, 0.3) is 0 Å². The van der Waals surface area contributed by atoms with Crippen molar-refractivity contribution in [2.24, 2.45) is 5.41 Å². The fourth-order valence-electron chi connectivity index (χ4n) is 4.88. The molecule has 0 saturated heterocycles. The van der Waals surface area contributed by atoms with Gasteiger partial charge >= 0.3 is 0 Å². The average molecular weight is 424 g/mol. The minimum atomic E-state index is -0.137. The number of aromatic nitrogens is 3. The van der Waals surface area contributed by atoms with Crippen molar-refractivity contribution in [1.82, 2.24) is 15.1 Å². The van der Waals surface area contributed by atoms with Crippen LogP contribution in [0.1, 0.15) is 60.6 Å². The molecule has 1 amide bonds. The van der Waals surface area contributed by atoms with Gasteiger partial charge in [0.2, 0.25) is 5.89 Å². The molecule has 0 radical (unpaired) electrons. The molecule has 3 aliphatic carbocycles. The third kappa shape index (κ3) is 3.60. The first-order valence-electron chi connectivity index (χ1n) is 10.4. The standard InChI is InChI=1S/C22H25N5O2S/c1-15-25-19(29-27-15)22-8-5-21(6-9-22,7-10-22)14-24-17-4-2-3-16(13-17)18(28)26-20-23-11-12-30-20/h2-4,11-13,24H,5-10,14H2,1H3,(H,23,26,28). The Kier molecular flexibility index (Phi) is 4.81. The van der Waals surface area contributed by atoms with Crippen LogP contribution in [0, 0.1) is 12.3 Å². The highest BCUT2D eigenvalue weighted by Crippen LogP contribution is 2.57. The Hall–Kier alpha value is -2.74. The number of hydrogen-bond acceptors (Lipinski definition) is 7. The first kappa shape index (κ1) is 19.2. The van der Waals surface area contributed by atoms with E-state index in [2.05, 4.69) is 25.8 Å². The Balaban J connectivity index is 1.22. The third-order valence-corrected chi connectivity index (χ3v) is 7.52. The van der Waals surface area contributed by atoms with Gasteiger partial charge in [0.1, 0.15) is 0 Å². The minimum Gasteiger partial charge on any atom is -0.384 e. The number of fused-ring (bicyclic) bond motifs is 3. The highest BCUT2D eigenvalue weighted by Gasteiger charge is 2.51. The highest BCUT2D eigenvalue weighted by atomic mass is 32.1. The van der Waals surface area contributed by atoms with Crippen LogP contribution < -0.4 is 10.6 Å². The minimum absolute atomic E-state index is 0.0802. The molecule has 2 N–H and O–H groups in total. The van der Waals surface area contributed by atoms with Crippen molar-refractivity contribution in [3.05, 3.63) is 53.1 Å². The Morgan fingerprint density at radius 3 is 2.67 bits per heavy atom. The monoisotopic (exact) mass is 423 g/mol. The van der Waals surface area contributed by atoms with E-state index in [0.717, 1.165) is 62.5 Å². The van der Waals surface area contributed by atoms with E-state index in [-0.39, 0.29) is 11.3 Å². The maximum atomic E-state index is 12.5. The van der Waals surface area contributed by atoms with Gasteiger partial charge in [0.05, 0.1) is 0 Å². The van der Waals surface area contributed by atoms with Gasteiger partial charge in [0, 0.05) is 34.8 Å². The lowest BCUT2D eigenvalue weighted by atomic mass is 9.53. The van der Waals surface area contributed by atoms with Gasteiger partial charge in [0.15, 0.2) is 11.0 Å². The molecule has 2 bridgehead atoms. The molecule has 2 heterocycles. The number of carbonyl (C=O) groups excluding carboxylic acids is 1. The summed E-state index contributed by atoms with van der Waals surface area (Å²) < 4.78 is 5.54. The van der Waals surface area contributed by atoms with Crippen molar-refractivity contribution in [2.45, 2.75) is 50.9 Å². The Morgan fingerprint density at radius 2 is 2.00 bits per heavy atom. The lowest BCUT2D eigenvalue weighted by molar-refractivity contribution is 0.0322. The van der Waals surface area contributed by atoms with E-state index >= 15 is 0 Å². The smallest absolute Gasteiger partial charge is 0.257 e. The van der Waals surface area contributed by atoms with Crippen molar-refractivity contribution >= 4 is 28.1 Å².